The zero-order valence-electron chi connectivity index (χ0n) is 10.7. The maximum Gasteiger partial charge on any atom is 0.0285 e. The first-order chi connectivity index (χ1) is 8.42. The minimum absolute atomic E-state index is 0.738. The largest absolute Gasteiger partial charge is 0.311 e. The lowest BCUT2D eigenvalue weighted by Gasteiger charge is -2.31. The molecule has 0 amide bonds. The SMILES string of the molecule is C1CC2CN(CC3CSCCN3)CCCN2C1. The van der Waals surface area contributed by atoms with Crippen LogP contribution in [-0.2, 0) is 0 Å². The third-order valence-electron chi connectivity index (χ3n) is 4.36. The summed E-state index contributed by atoms with van der Waals surface area (Å²) in [5.41, 5.74) is 0. The van der Waals surface area contributed by atoms with E-state index < -0.39 is 0 Å². The Labute approximate surface area is 109 Å². The quantitative estimate of drug-likeness (QED) is 0.788. The second-order valence-corrected chi connectivity index (χ2v) is 6.82. The Morgan fingerprint density at radius 1 is 1.18 bits per heavy atom. The monoisotopic (exact) mass is 255 g/mol. The number of nitrogens with zero attached hydrogens (tertiary/aromatic N) is 2. The highest BCUT2D eigenvalue weighted by atomic mass is 32.2. The fourth-order valence-corrected chi connectivity index (χ4v) is 4.43. The summed E-state index contributed by atoms with van der Waals surface area (Å²) in [4.78, 5) is 5.45. The zero-order chi connectivity index (χ0) is 11.5. The van der Waals surface area contributed by atoms with Crippen molar-refractivity contribution in [3.05, 3.63) is 0 Å². The maximum atomic E-state index is 3.67. The molecule has 3 aliphatic rings. The van der Waals surface area contributed by atoms with Crippen LogP contribution in [0.25, 0.3) is 0 Å². The van der Waals surface area contributed by atoms with Gasteiger partial charge in [0, 0.05) is 43.2 Å². The van der Waals surface area contributed by atoms with Crippen molar-refractivity contribution in [2.45, 2.75) is 31.3 Å². The highest BCUT2D eigenvalue weighted by Crippen LogP contribution is 2.21. The molecule has 2 unspecified atom stereocenters. The second-order valence-electron chi connectivity index (χ2n) is 5.67. The van der Waals surface area contributed by atoms with Crippen molar-refractivity contribution in [2.24, 2.45) is 0 Å². The molecule has 0 saturated carbocycles. The fraction of sp³-hybridized carbons (Fsp3) is 1.00. The van der Waals surface area contributed by atoms with Crippen LogP contribution in [0.2, 0.25) is 0 Å². The number of hydrogen-bond donors (Lipinski definition) is 1. The first-order valence-electron chi connectivity index (χ1n) is 7.19. The van der Waals surface area contributed by atoms with E-state index >= 15 is 0 Å². The average molecular weight is 255 g/mol. The molecule has 0 bridgehead atoms. The average Bonchev–Trinajstić information content (AvgIpc) is 2.70. The third kappa shape index (κ3) is 3.16. The van der Waals surface area contributed by atoms with E-state index in [9.17, 15) is 0 Å². The summed E-state index contributed by atoms with van der Waals surface area (Å²) in [6.07, 6.45) is 4.23. The van der Waals surface area contributed by atoms with Gasteiger partial charge in [0.05, 0.1) is 0 Å². The number of thioether (sulfide) groups is 1. The molecule has 3 nitrogen and oxygen atoms in total. The van der Waals surface area contributed by atoms with E-state index in [1.54, 1.807) is 0 Å². The molecule has 0 aromatic carbocycles. The molecule has 3 heterocycles. The minimum Gasteiger partial charge on any atom is -0.311 e. The molecule has 98 valence electrons. The van der Waals surface area contributed by atoms with Crippen molar-refractivity contribution in [3.8, 4) is 0 Å². The van der Waals surface area contributed by atoms with Crippen LogP contribution in [-0.4, -0.2) is 72.7 Å². The lowest BCUT2D eigenvalue weighted by molar-refractivity contribution is 0.209. The Balaban J connectivity index is 1.52. The number of rotatable bonds is 2. The molecule has 1 N–H and O–H groups in total. The lowest BCUT2D eigenvalue weighted by Crippen LogP contribution is -2.47. The van der Waals surface area contributed by atoms with E-state index in [0.29, 0.717) is 0 Å². The zero-order valence-corrected chi connectivity index (χ0v) is 11.6. The first-order valence-corrected chi connectivity index (χ1v) is 8.35. The topological polar surface area (TPSA) is 18.5 Å². The normalized spacial score (nSPS) is 36.7. The van der Waals surface area contributed by atoms with Crippen LogP contribution in [0.5, 0.6) is 0 Å². The molecular weight excluding hydrogens is 230 g/mol. The van der Waals surface area contributed by atoms with Crippen molar-refractivity contribution in [2.75, 3.05) is 50.8 Å². The van der Waals surface area contributed by atoms with Gasteiger partial charge in [0.1, 0.15) is 0 Å². The second kappa shape index (κ2) is 5.91. The molecule has 0 aliphatic carbocycles. The van der Waals surface area contributed by atoms with Crippen LogP contribution in [0.4, 0.5) is 0 Å². The van der Waals surface area contributed by atoms with Gasteiger partial charge < -0.3 is 10.2 Å². The van der Waals surface area contributed by atoms with Gasteiger partial charge >= 0.3 is 0 Å². The Hall–Kier alpha value is 0.230. The molecule has 0 radical (unpaired) electrons. The van der Waals surface area contributed by atoms with Gasteiger partial charge in [-0.2, -0.15) is 11.8 Å². The van der Waals surface area contributed by atoms with E-state index in [-0.39, 0.29) is 0 Å². The van der Waals surface area contributed by atoms with Gasteiger partial charge in [-0.1, -0.05) is 0 Å². The van der Waals surface area contributed by atoms with Gasteiger partial charge in [-0.3, -0.25) is 4.90 Å². The summed E-state index contributed by atoms with van der Waals surface area (Å²) in [6.45, 7) is 7.82. The van der Waals surface area contributed by atoms with Gasteiger partial charge in [-0.15, -0.1) is 0 Å². The molecule has 3 rings (SSSR count). The van der Waals surface area contributed by atoms with Gasteiger partial charge in [-0.25, -0.2) is 0 Å². The Morgan fingerprint density at radius 3 is 3.00 bits per heavy atom. The first kappa shape index (κ1) is 12.3. The number of hydrogen-bond acceptors (Lipinski definition) is 4. The molecule has 17 heavy (non-hydrogen) atoms. The van der Waals surface area contributed by atoms with E-state index in [4.69, 9.17) is 0 Å². The van der Waals surface area contributed by atoms with Crippen LogP contribution in [0.1, 0.15) is 19.3 Å². The maximum absolute atomic E-state index is 3.67. The van der Waals surface area contributed by atoms with Gasteiger partial charge in [0.2, 0.25) is 0 Å². The summed E-state index contributed by atoms with van der Waals surface area (Å²) in [5, 5.41) is 3.67. The predicted molar refractivity (Wildman–Crippen MR) is 74.8 cm³/mol. The van der Waals surface area contributed by atoms with Crippen molar-refractivity contribution < 1.29 is 0 Å². The predicted octanol–water partition coefficient (Wildman–Crippen LogP) is 0.861. The van der Waals surface area contributed by atoms with E-state index in [1.165, 1.54) is 70.0 Å². The highest BCUT2D eigenvalue weighted by molar-refractivity contribution is 7.99. The van der Waals surface area contributed by atoms with E-state index in [2.05, 4.69) is 26.9 Å². The van der Waals surface area contributed by atoms with Crippen molar-refractivity contribution in [3.63, 3.8) is 0 Å². The molecule has 2 atom stereocenters. The standard InChI is InChI=1S/C13H25N3S/c1-3-13-10-15(5-2-7-16(13)6-1)9-12-11-17-8-4-14-12/h12-14H,1-11H2. The summed E-state index contributed by atoms with van der Waals surface area (Å²) in [5.74, 6) is 2.61. The molecule has 0 aromatic heterocycles. The van der Waals surface area contributed by atoms with E-state index in [0.717, 1.165) is 12.1 Å². The Bertz CT molecular complexity index is 243. The number of fused-ring (bicyclic) bond motifs is 1. The Kier molecular flexibility index (Phi) is 4.27. The molecule has 0 aromatic rings. The molecule has 3 saturated heterocycles. The van der Waals surface area contributed by atoms with Crippen LogP contribution in [0.3, 0.4) is 0 Å². The molecule has 0 spiro atoms. The summed E-state index contributed by atoms with van der Waals surface area (Å²) < 4.78 is 0. The fourth-order valence-electron chi connectivity index (χ4n) is 3.50. The smallest absolute Gasteiger partial charge is 0.0285 e. The van der Waals surface area contributed by atoms with Crippen LogP contribution in [0, 0.1) is 0 Å². The molecule has 4 heteroatoms. The van der Waals surface area contributed by atoms with Crippen LogP contribution < -0.4 is 5.32 Å². The highest BCUT2D eigenvalue weighted by Gasteiger charge is 2.29. The van der Waals surface area contributed by atoms with Gasteiger partial charge in [0.15, 0.2) is 0 Å². The molecule has 3 fully saturated rings. The molecular formula is C13H25N3S. The van der Waals surface area contributed by atoms with Crippen molar-refractivity contribution in [1.29, 1.82) is 0 Å². The Morgan fingerprint density at radius 2 is 2.12 bits per heavy atom. The number of nitrogens with one attached hydrogen (secondary N) is 1. The van der Waals surface area contributed by atoms with Crippen LogP contribution >= 0.6 is 11.8 Å². The van der Waals surface area contributed by atoms with Crippen molar-refractivity contribution >= 4 is 11.8 Å². The van der Waals surface area contributed by atoms with Crippen molar-refractivity contribution in [1.82, 2.24) is 15.1 Å². The van der Waals surface area contributed by atoms with Gasteiger partial charge in [-0.05, 0) is 38.9 Å². The summed E-state index contributed by atoms with van der Waals surface area (Å²) in [6, 6.07) is 1.61. The minimum atomic E-state index is 0.738. The third-order valence-corrected chi connectivity index (χ3v) is 5.50. The summed E-state index contributed by atoms with van der Waals surface area (Å²) in [7, 11) is 0. The lowest BCUT2D eigenvalue weighted by atomic mass is 10.2. The van der Waals surface area contributed by atoms with Crippen LogP contribution in [0.15, 0.2) is 0 Å². The summed E-state index contributed by atoms with van der Waals surface area (Å²) >= 11 is 2.12. The van der Waals surface area contributed by atoms with E-state index in [1.807, 2.05) is 0 Å². The van der Waals surface area contributed by atoms with Gasteiger partial charge in [0.25, 0.3) is 0 Å². The molecule has 3 aliphatic heterocycles.